The van der Waals surface area contributed by atoms with Gasteiger partial charge in [-0.2, -0.15) is 0 Å². The topological polar surface area (TPSA) is 44.5 Å². The van der Waals surface area contributed by atoms with Crippen molar-refractivity contribution in [3.05, 3.63) is 54.6 Å². The number of ether oxygens (including phenoxy) is 2. The fraction of sp³-hybridized carbons (Fsp3) is 0.250. The maximum atomic E-state index is 5.70. The van der Waals surface area contributed by atoms with E-state index >= 15 is 0 Å². The average Bonchev–Trinajstić information content (AvgIpc) is 2.46. The molecule has 0 saturated heterocycles. The minimum Gasteiger partial charge on any atom is -0.494 e. The Hall–Kier alpha value is -2.00. The summed E-state index contributed by atoms with van der Waals surface area (Å²) in [6.45, 7) is 1.42. The summed E-state index contributed by atoms with van der Waals surface area (Å²) >= 11 is 0. The van der Waals surface area contributed by atoms with Crippen LogP contribution in [-0.2, 0) is 0 Å². The van der Waals surface area contributed by atoms with Gasteiger partial charge in [0.2, 0.25) is 0 Å². The van der Waals surface area contributed by atoms with Crippen LogP contribution in [0, 0.1) is 0 Å². The van der Waals surface area contributed by atoms with Crippen LogP contribution in [0.4, 0.5) is 0 Å². The van der Waals surface area contributed by atoms with Crippen molar-refractivity contribution in [2.45, 2.75) is 12.8 Å². The van der Waals surface area contributed by atoms with Crippen molar-refractivity contribution in [2.24, 2.45) is 5.73 Å². The second-order valence-electron chi connectivity index (χ2n) is 4.23. The Morgan fingerprint density at radius 3 is 2.05 bits per heavy atom. The predicted octanol–water partition coefficient (Wildman–Crippen LogP) is 3.60. The number of para-hydroxylation sites is 1. The smallest absolute Gasteiger partial charge is 0.127 e. The molecule has 3 nitrogen and oxygen atoms in total. The summed E-state index contributed by atoms with van der Waals surface area (Å²) in [7, 11) is 0. The Kier molecular flexibility index (Phi) is 5.26. The highest BCUT2D eigenvalue weighted by atomic mass is 16.5. The molecule has 0 amide bonds. The molecule has 0 atom stereocenters. The molecule has 2 aromatic rings. The first-order valence-electron chi connectivity index (χ1n) is 6.54. The number of rotatable bonds is 7. The van der Waals surface area contributed by atoms with Gasteiger partial charge in [-0.25, -0.2) is 0 Å². The summed E-state index contributed by atoms with van der Waals surface area (Å²) in [4.78, 5) is 0. The normalized spacial score (nSPS) is 10.2. The van der Waals surface area contributed by atoms with Crippen molar-refractivity contribution in [3.63, 3.8) is 0 Å². The fourth-order valence-corrected chi connectivity index (χ4v) is 1.66. The second-order valence-corrected chi connectivity index (χ2v) is 4.23. The Bertz CT molecular complexity index is 468. The van der Waals surface area contributed by atoms with Crippen molar-refractivity contribution in [1.29, 1.82) is 0 Å². The molecule has 0 bridgehead atoms. The van der Waals surface area contributed by atoms with Gasteiger partial charge in [0.25, 0.3) is 0 Å². The van der Waals surface area contributed by atoms with Crippen LogP contribution in [0.3, 0.4) is 0 Å². The lowest BCUT2D eigenvalue weighted by atomic mass is 10.3. The SMILES string of the molecule is NCCCCOc1ccc(Oc2ccccc2)cc1. The van der Waals surface area contributed by atoms with Crippen LogP contribution in [-0.4, -0.2) is 13.2 Å². The molecular weight excluding hydrogens is 238 g/mol. The largest absolute Gasteiger partial charge is 0.494 e. The minimum atomic E-state index is 0.704. The molecule has 0 fully saturated rings. The van der Waals surface area contributed by atoms with Crippen LogP contribution in [0.2, 0.25) is 0 Å². The average molecular weight is 257 g/mol. The fourth-order valence-electron chi connectivity index (χ4n) is 1.66. The molecule has 0 aliphatic carbocycles. The molecule has 2 N–H and O–H groups in total. The number of hydrogen-bond acceptors (Lipinski definition) is 3. The van der Waals surface area contributed by atoms with Crippen LogP contribution >= 0.6 is 0 Å². The third kappa shape index (κ3) is 4.64. The second kappa shape index (κ2) is 7.44. The molecule has 3 heteroatoms. The molecule has 0 aromatic heterocycles. The monoisotopic (exact) mass is 257 g/mol. The highest BCUT2D eigenvalue weighted by molar-refractivity contribution is 5.35. The molecule has 0 heterocycles. The summed E-state index contributed by atoms with van der Waals surface area (Å²) < 4.78 is 11.3. The number of benzene rings is 2. The molecule has 0 saturated carbocycles. The molecule has 0 unspecified atom stereocenters. The van der Waals surface area contributed by atoms with Crippen molar-refractivity contribution in [1.82, 2.24) is 0 Å². The third-order valence-electron chi connectivity index (χ3n) is 2.67. The number of unbranched alkanes of at least 4 members (excludes halogenated alkanes) is 1. The van der Waals surface area contributed by atoms with Gasteiger partial charge < -0.3 is 15.2 Å². The van der Waals surface area contributed by atoms with Gasteiger partial charge in [0.15, 0.2) is 0 Å². The Labute approximate surface area is 114 Å². The minimum absolute atomic E-state index is 0.704. The molecule has 2 aromatic carbocycles. The first-order valence-corrected chi connectivity index (χ1v) is 6.54. The van der Waals surface area contributed by atoms with E-state index in [0.717, 1.165) is 30.1 Å². The zero-order chi connectivity index (χ0) is 13.3. The van der Waals surface area contributed by atoms with Crippen molar-refractivity contribution >= 4 is 0 Å². The molecule has 2 rings (SSSR count). The number of nitrogens with two attached hydrogens (primary N) is 1. The highest BCUT2D eigenvalue weighted by Crippen LogP contribution is 2.23. The van der Waals surface area contributed by atoms with E-state index in [1.54, 1.807) is 0 Å². The lowest BCUT2D eigenvalue weighted by Gasteiger charge is -2.08. The quantitative estimate of drug-likeness (QED) is 0.771. The highest BCUT2D eigenvalue weighted by Gasteiger charge is 1.98. The summed E-state index contributed by atoms with van der Waals surface area (Å²) in [5, 5.41) is 0. The van der Waals surface area contributed by atoms with E-state index < -0.39 is 0 Å². The summed E-state index contributed by atoms with van der Waals surface area (Å²) in [6, 6.07) is 17.4. The van der Waals surface area contributed by atoms with Crippen LogP contribution in [0.1, 0.15) is 12.8 Å². The van der Waals surface area contributed by atoms with Gasteiger partial charge in [-0.15, -0.1) is 0 Å². The van der Waals surface area contributed by atoms with E-state index in [1.807, 2.05) is 54.6 Å². The van der Waals surface area contributed by atoms with E-state index in [1.165, 1.54) is 0 Å². The van der Waals surface area contributed by atoms with E-state index in [0.29, 0.717) is 13.2 Å². The molecular formula is C16H19NO2. The van der Waals surface area contributed by atoms with E-state index in [9.17, 15) is 0 Å². The van der Waals surface area contributed by atoms with Gasteiger partial charge in [0.1, 0.15) is 17.2 Å². The Morgan fingerprint density at radius 2 is 1.37 bits per heavy atom. The van der Waals surface area contributed by atoms with Gasteiger partial charge in [0.05, 0.1) is 6.61 Å². The first kappa shape index (κ1) is 13.4. The van der Waals surface area contributed by atoms with E-state index in [2.05, 4.69) is 0 Å². The van der Waals surface area contributed by atoms with E-state index in [-0.39, 0.29) is 0 Å². The van der Waals surface area contributed by atoms with Gasteiger partial charge in [-0.3, -0.25) is 0 Å². The molecule has 0 aliphatic rings. The van der Waals surface area contributed by atoms with Crippen molar-refractivity contribution in [3.8, 4) is 17.2 Å². The third-order valence-corrected chi connectivity index (χ3v) is 2.67. The molecule has 100 valence electrons. The molecule has 0 aliphatic heterocycles. The maximum Gasteiger partial charge on any atom is 0.127 e. The number of hydrogen-bond donors (Lipinski definition) is 1. The predicted molar refractivity (Wildman–Crippen MR) is 76.7 cm³/mol. The lowest BCUT2D eigenvalue weighted by molar-refractivity contribution is 0.307. The van der Waals surface area contributed by atoms with Crippen molar-refractivity contribution in [2.75, 3.05) is 13.2 Å². The first-order chi connectivity index (χ1) is 9.38. The lowest BCUT2D eigenvalue weighted by Crippen LogP contribution is -2.03. The van der Waals surface area contributed by atoms with Gasteiger partial charge >= 0.3 is 0 Å². The van der Waals surface area contributed by atoms with Gasteiger partial charge in [-0.05, 0) is 55.8 Å². The summed E-state index contributed by atoms with van der Waals surface area (Å²) in [6.07, 6.45) is 1.98. The standard InChI is InChI=1S/C16H19NO2/c17-12-4-5-13-18-14-8-10-16(11-9-14)19-15-6-2-1-3-7-15/h1-3,6-11H,4-5,12-13,17H2. The summed E-state index contributed by atoms with van der Waals surface area (Å²) in [5.41, 5.74) is 5.43. The van der Waals surface area contributed by atoms with Gasteiger partial charge in [-0.1, -0.05) is 18.2 Å². The molecule has 19 heavy (non-hydrogen) atoms. The zero-order valence-electron chi connectivity index (χ0n) is 10.9. The maximum absolute atomic E-state index is 5.70. The van der Waals surface area contributed by atoms with Crippen LogP contribution < -0.4 is 15.2 Å². The zero-order valence-corrected chi connectivity index (χ0v) is 10.9. The Morgan fingerprint density at radius 1 is 0.737 bits per heavy atom. The van der Waals surface area contributed by atoms with Crippen molar-refractivity contribution < 1.29 is 9.47 Å². The molecule has 0 radical (unpaired) electrons. The Balaban J connectivity index is 1.84. The molecule has 0 spiro atoms. The summed E-state index contributed by atoms with van der Waals surface area (Å²) in [5.74, 6) is 2.50. The van der Waals surface area contributed by atoms with Gasteiger partial charge in [0, 0.05) is 0 Å². The van der Waals surface area contributed by atoms with E-state index in [4.69, 9.17) is 15.2 Å². The van der Waals surface area contributed by atoms with Crippen LogP contribution in [0.5, 0.6) is 17.2 Å². The van der Waals surface area contributed by atoms with Crippen LogP contribution in [0.25, 0.3) is 0 Å². The van der Waals surface area contributed by atoms with Crippen LogP contribution in [0.15, 0.2) is 54.6 Å².